The molecule has 0 atom stereocenters. The van der Waals surface area contributed by atoms with Crippen molar-refractivity contribution in [1.82, 2.24) is 0 Å². The fraction of sp³-hybridized carbons (Fsp3) is 0.556. The zero-order valence-electron chi connectivity index (χ0n) is 7.25. The summed E-state index contributed by atoms with van der Waals surface area (Å²) in [5, 5.41) is 8.19. The van der Waals surface area contributed by atoms with Gasteiger partial charge in [-0.25, -0.2) is 4.79 Å². The molecule has 0 aromatic heterocycles. The molecule has 0 spiro atoms. The maximum Gasteiger partial charge on any atom is 0.328 e. The van der Waals surface area contributed by atoms with Gasteiger partial charge in [0.25, 0.3) is 0 Å². The number of carbonyl (C=O) groups is 2. The van der Waals surface area contributed by atoms with Gasteiger partial charge in [0.15, 0.2) is 5.78 Å². The Balaban J connectivity index is 3.53. The first-order chi connectivity index (χ1) is 5.66. The minimum atomic E-state index is -1.07. The van der Waals surface area contributed by atoms with E-state index in [0.717, 1.165) is 31.4 Å². The second-order valence-corrected chi connectivity index (χ2v) is 2.59. The van der Waals surface area contributed by atoms with Gasteiger partial charge in [-0.15, -0.1) is 0 Å². The maximum atomic E-state index is 10.9. The third-order valence-electron chi connectivity index (χ3n) is 1.44. The fourth-order valence-corrected chi connectivity index (χ4v) is 0.797. The normalized spacial score (nSPS) is 10.4. The van der Waals surface area contributed by atoms with E-state index in [-0.39, 0.29) is 5.78 Å². The van der Waals surface area contributed by atoms with Crippen LogP contribution in [0.1, 0.15) is 32.6 Å². The molecule has 3 heteroatoms. The molecule has 12 heavy (non-hydrogen) atoms. The standard InChI is InChI=1S/C9H14O3/c1-2-3-4-5-8(10)6-7-9(11)12/h6-7H,2-5H2,1H3,(H,11,12)/b7-6+. The van der Waals surface area contributed by atoms with Crippen LogP contribution in [0.25, 0.3) is 0 Å². The van der Waals surface area contributed by atoms with Crippen LogP contribution >= 0.6 is 0 Å². The van der Waals surface area contributed by atoms with Crippen LogP contribution in [-0.4, -0.2) is 16.9 Å². The maximum absolute atomic E-state index is 10.9. The van der Waals surface area contributed by atoms with Gasteiger partial charge in [0, 0.05) is 12.5 Å². The number of rotatable bonds is 6. The smallest absolute Gasteiger partial charge is 0.328 e. The SMILES string of the molecule is CCCCCC(=O)/C=C/C(=O)O. The van der Waals surface area contributed by atoms with Crippen LogP contribution in [0.4, 0.5) is 0 Å². The molecular formula is C9H14O3. The van der Waals surface area contributed by atoms with Crippen molar-refractivity contribution in [2.45, 2.75) is 32.6 Å². The van der Waals surface area contributed by atoms with Gasteiger partial charge in [-0.1, -0.05) is 19.8 Å². The summed E-state index contributed by atoms with van der Waals surface area (Å²) in [6.45, 7) is 2.05. The number of carboxylic acids is 1. The molecule has 0 saturated heterocycles. The predicted octanol–water partition coefficient (Wildman–Crippen LogP) is 1.78. The molecule has 0 aliphatic carbocycles. The molecule has 0 aliphatic rings. The van der Waals surface area contributed by atoms with E-state index in [1.54, 1.807) is 0 Å². The van der Waals surface area contributed by atoms with Crippen molar-refractivity contribution in [3.05, 3.63) is 12.2 Å². The molecule has 0 aromatic rings. The molecule has 0 bridgehead atoms. The molecule has 0 amide bonds. The number of carboxylic acid groups (broad SMARTS) is 1. The highest BCUT2D eigenvalue weighted by atomic mass is 16.4. The lowest BCUT2D eigenvalue weighted by Crippen LogP contribution is -1.95. The van der Waals surface area contributed by atoms with Crippen LogP contribution in [0.15, 0.2) is 12.2 Å². The Morgan fingerprint density at radius 1 is 1.25 bits per heavy atom. The predicted molar refractivity (Wildman–Crippen MR) is 45.9 cm³/mol. The summed E-state index contributed by atoms with van der Waals surface area (Å²) < 4.78 is 0. The fourth-order valence-electron chi connectivity index (χ4n) is 0.797. The summed E-state index contributed by atoms with van der Waals surface area (Å²) in [6, 6.07) is 0. The van der Waals surface area contributed by atoms with E-state index < -0.39 is 5.97 Å². The largest absolute Gasteiger partial charge is 0.478 e. The van der Waals surface area contributed by atoms with Gasteiger partial charge in [0.1, 0.15) is 0 Å². The van der Waals surface area contributed by atoms with Crippen molar-refractivity contribution in [1.29, 1.82) is 0 Å². The first-order valence-electron chi connectivity index (χ1n) is 4.10. The molecule has 0 rings (SSSR count). The molecular weight excluding hydrogens is 156 g/mol. The van der Waals surface area contributed by atoms with Crippen molar-refractivity contribution >= 4 is 11.8 Å². The molecule has 1 N–H and O–H groups in total. The van der Waals surface area contributed by atoms with E-state index in [1.165, 1.54) is 0 Å². The highest BCUT2D eigenvalue weighted by Crippen LogP contribution is 1.99. The molecule has 3 nitrogen and oxygen atoms in total. The third-order valence-corrected chi connectivity index (χ3v) is 1.44. The number of hydrogen-bond acceptors (Lipinski definition) is 2. The van der Waals surface area contributed by atoms with E-state index in [2.05, 4.69) is 6.92 Å². The summed E-state index contributed by atoms with van der Waals surface area (Å²) in [7, 11) is 0. The van der Waals surface area contributed by atoms with Crippen molar-refractivity contribution in [2.75, 3.05) is 0 Å². The zero-order chi connectivity index (χ0) is 9.40. The van der Waals surface area contributed by atoms with Crippen LogP contribution in [0, 0.1) is 0 Å². The summed E-state index contributed by atoms with van der Waals surface area (Å²) in [6.07, 6.45) is 5.39. The Hall–Kier alpha value is -1.12. The number of aliphatic carboxylic acids is 1. The van der Waals surface area contributed by atoms with E-state index in [1.807, 2.05) is 0 Å². The monoisotopic (exact) mass is 170 g/mol. The first-order valence-corrected chi connectivity index (χ1v) is 4.10. The summed E-state index contributed by atoms with van der Waals surface area (Å²) in [5.74, 6) is -1.18. The average Bonchev–Trinajstić information content (AvgIpc) is 2.01. The second kappa shape index (κ2) is 6.58. The van der Waals surface area contributed by atoms with Crippen LogP contribution in [0.3, 0.4) is 0 Å². The Morgan fingerprint density at radius 2 is 1.92 bits per heavy atom. The van der Waals surface area contributed by atoms with Gasteiger partial charge in [-0.05, 0) is 12.5 Å². The van der Waals surface area contributed by atoms with E-state index >= 15 is 0 Å². The van der Waals surface area contributed by atoms with Crippen LogP contribution < -0.4 is 0 Å². The topological polar surface area (TPSA) is 54.4 Å². The van der Waals surface area contributed by atoms with Crippen molar-refractivity contribution < 1.29 is 14.7 Å². The Morgan fingerprint density at radius 3 is 2.42 bits per heavy atom. The molecule has 68 valence electrons. The summed E-state index contributed by atoms with van der Waals surface area (Å²) >= 11 is 0. The van der Waals surface area contributed by atoms with Crippen molar-refractivity contribution in [3.63, 3.8) is 0 Å². The lowest BCUT2D eigenvalue weighted by atomic mass is 10.1. The highest BCUT2D eigenvalue weighted by molar-refractivity contribution is 5.95. The first kappa shape index (κ1) is 10.9. The number of ketones is 1. The Kier molecular flexibility index (Phi) is 5.97. The van der Waals surface area contributed by atoms with E-state index in [0.29, 0.717) is 6.42 Å². The third kappa shape index (κ3) is 6.99. The molecule has 0 aliphatic heterocycles. The van der Waals surface area contributed by atoms with E-state index in [4.69, 9.17) is 5.11 Å². The number of carbonyl (C=O) groups excluding carboxylic acids is 1. The molecule has 0 saturated carbocycles. The molecule has 0 heterocycles. The number of hydrogen-bond donors (Lipinski definition) is 1. The number of allylic oxidation sites excluding steroid dienone is 1. The summed E-state index contributed by atoms with van der Waals surface area (Å²) in [4.78, 5) is 20.9. The lowest BCUT2D eigenvalue weighted by molar-refractivity contribution is -0.131. The van der Waals surface area contributed by atoms with E-state index in [9.17, 15) is 9.59 Å². The highest BCUT2D eigenvalue weighted by Gasteiger charge is 1.96. The molecule has 0 aromatic carbocycles. The minimum Gasteiger partial charge on any atom is -0.478 e. The Labute approximate surface area is 72.1 Å². The quantitative estimate of drug-likeness (QED) is 0.488. The van der Waals surface area contributed by atoms with Gasteiger partial charge in [0.2, 0.25) is 0 Å². The Bertz CT molecular complexity index is 182. The van der Waals surface area contributed by atoms with Crippen molar-refractivity contribution in [2.24, 2.45) is 0 Å². The van der Waals surface area contributed by atoms with Gasteiger partial charge < -0.3 is 5.11 Å². The lowest BCUT2D eigenvalue weighted by Gasteiger charge is -1.92. The molecule has 0 unspecified atom stereocenters. The van der Waals surface area contributed by atoms with Gasteiger partial charge in [-0.2, -0.15) is 0 Å². The zero-order valence-corrected chi connectivity index (χ0v) is 7.25. The molecule has 0 radical (unpaired) electrons. The van der Waals surface area contributed by atoms with Gasteiger partial charge >= 0.3 is 5.97 Å². The van der Waals surface area contributed by atoms with Gasteiger partial charge in [0.05, 0.1) is 0 Å². The minimum absolute atomic E-state index is 0.106. The van der Waals surface area contributed by atoms with Crippen LogP contribution in [0.2, 0.25) is 0 Å². The van der Waals surface area contributed by atoms with Crippen LogP contribution in [0.5, 0.6) is 0 Å². The van der Waals surface area contributed by atoms with Crippen molar-refractivity contribution in [3.8, 4) is 0 Å². The summed E-state index contributed by atoms with van der Waals surface area (Å²) in [5.41, 5.74) is 0. The average molecular weight is 170 g/mol. The second-order valence-electron chi connectivity index (χ2n) is 2.59. The van der Waals surface area contributed by atoms with Gasteiger partial charge in [-0.3, -0.25) is 4.79 Å². The van der Waals surface area contributed by atoms with Crippen LogP contribution in [-0.2, 0) is 9.59 Å². The number of unbranched alkanes of at least 4 members (excludes halogenated alkanes) is 2. The molecule has 0 fully saturated rings.